The van der Waals surface area contributed by atoms with Crippen LogP contribution in [0.25, 0.3) is 0 Å². The number of rotatable bonds is 3. The van der Waals surface area contributed by atoms with E-state index in [1.54, 1.807) is 26.2 Å². The third kappa shape index (κ3) is 2.64. The molecule has 0 heterocycles. The van der Waals surface area contributed by atoms with Gasteiger partial charge < -0.3 is 10.1 Å². The normalized spacial score (nSPS) is 11.9. The van der Waals surface area contributed by atoms with Crippen LogP contribution >= 0.6 is 11.6 Å². The molecule has 0 saturated carbocycles. The van der Waals surface area contributed by atoms with Gasteiger partial charge >= 0.3 is 0 Å². The number of methoxy groups -OCH3 is 1. The smallest absolute Gasteiger partial charge is 0.242 e. The van der Waals surface area contributed by atoms with Crippen LogP contribution in [0, 0.1) is 0 Å². The van der Waals surface area contributed by atoms with Gasteiger partial charge in [-0.25, -0.2) is 0 Å². The van der Waals surface area contributed by atoms with E-state index in [9.17, 15) is 4.79 Å². The fourth-order valence-corrected chi connectivity index (χ4v) is 1.03. The van der Waals surface area contributed by atoms with E-state index in [4.69, 9.17) is 16.3 Å². The Hall–Kier alpha value is -1.22. The lowest BCUT2D eigenvalue weighted by Gasteiger charge is -2.10. The summed E-state index contributed by atoms with van der Waals surface area (Å²) in [5, 5.41) is 2.11. The molecule has 0 aliphatic carbocycles. The van der Waals surface area contributed by atoms with Crippen molar-refractivity contribution >= 4 is 23.2 Å². The molecule has 1 rings (SSSR count). The summed E-state index contributed by atoms with van der Waals surface area (Å²) in [5.74, 6) is 0.384. The van der Waals surface area contributed by atoms with Crippen LogP contribution in [-0.4, -0.2) is 18.4 Å². The molecule has 0 aliphatic rings. The largest absolute Gasteiger partial charge is 0.495 e. The van der Waals surface area contributed by atoms with Crippen molar-refractivity contribution in [3.8, 4) is 5.75 Å². The summed E-state index contributed by atoms with van der Waals surface area (Å²) in [6.45, 7) is 1.62. The predicted molar refractivity (Wildman–Crippen MR) is 56.9 cm³/mol. The van der Waals surface area contributed by atoms with Crippen molar-refractivity contribution in [1.82, 2.24) is 0 Å². The van der Waals surface area contributed by atoms with Crippen molar-refractivity contribution in [1.29, 1.82) is 0 Å². The number of carbonyl (C=O) groups excluding carboxylic acids is 1. The fraction of sp³-hybridized carbons (Fsp3) is 0.300. The van der Waals surface area contributed by atoms with Crippen LogP contribution in [-0.2, 0) is 4.79 Å². The molecule has 1 amide bonds. The van der Waals surface area contributed by atoms with E-state index in [-0.39, 0.29) is 5.91 Å². The molecule has 0 saturated heterocycles. The van der Waals surface area contributed by atoms with Gasteiger partial charge in [0, 0.05) is 0 Å². The molecule has 0 unspecified atom stereocenters. The van der Waals surface area contributed by atoms with Gasteiger partial charge in [-0.2, -0.15) is 0 Å². The summed E-state index contributed by atoms with van der Waals surface area (Å²) in [6, 6.07) is 7.18. The highest BCUT2D eigenvalue weighted by Gasteiger charge is 2.11. The summed E-state index contributed by atoms with van der Waals surface area (Å²) >= 11 is 5.62. The lowest BCUT2D eigenvalue weighted by molar-refractivity contribution is -0.115. The summed E-state index contributed by atoms with van der Waals surface area (Å²) in [4.78, 5) is 11.3. The first kappa shape index (κ1) is 10.9. The number of benzene rings is 1. The maximum absolute atomic E-state index is 11.3. The van der Waals surface area contributed by atoms with E-state index in [1.165, 1.54) is 0 Å². The highest BCUT2D eigenvalue weighted by atomic mass is 35.5. The van der Waals surface area contributed by atoms with Gasteiger partial charge in [0.15, 0.2) is 0 Å². The Kier molecular flexibility index (Phi) is 3.77. The van der Waals surface area contributed by atoms with Gasteiger partial charge in [-0.05, 0) is 19.1 Å². The molecule has 0 radical (unpaired) electrons. The van der Waals surface area contributed by atoms with Gasteiger partial charge in [0.05, 0.1) is 12.8 Å². The molecule has 1 aromatic carbocycles. The van der Waals surface area contributed by atoms with Crippen LogP contribution < -0.4 is 10.1 Å². The van der Waals surface area contributed by atoms with Crippen molar-refractivity contribution < 1.29 is 9.53 Å². The highest BCUT2D eigenvalue weighted by Crippen LogP contribution is 2.23. The second kappa shape index (κ2) is 4.86. The Morgan fingerprint density at radius 1 is 1.50 bits per heavy atom. The summed E-state index contributed by atoms with van der Waals surface area (Å²) in [7, 11) is 1.55. The lowest BCUT2D eigenvalue weighted by Crippen LogP contribution is -2.20. The highest BCUT2D eigenvalue weighted by molar-refractivity contribution is 6.32. The molecular formula is C10H12ClNO2. The second-order valence-corrected chi connectivity index (χ2v) is 3.46. The minimum Gasteiger partial charge on any atom is -0.495 e. The van der Waals surface area contributed by atoms with Crippen LogP contribution in [0.4, 0.5) is 5.69 Å². The number of anilines is 1. The molecule has 0 aliphatic heterocycles. The van der Waals surface area contributed by atoms with E-state index < -0.39 is 5.38 Å². The van der Waals surface area contributed by atoms with Crippen LogP contribution in [0.5, 0.6) is 5.75 Å². The number of nitrogens with one attached hydrogen (secondary N) is 1. The van der Waals surface area contributed by atoms with E-state index in [0.717, 1.165) is 0 Å². The Bertz CT molecular complexity index is 326. The van der Waals surface area contributed by atoms with Gasteiger partial charge in [0.1, 0.15) is 11.1 Å². The zero-order chi connectivity index (χ0) is 10.6. The van der Waals surface area contributed by atoms with E-state index in [0.29, 0.717) is 11.4 Å². The van der Waals surface area contributed by atoms with Crippen LogP contribution in [0.3, 0.4) is 0 Å². The minimum absolute atomic E-state index is 0.240. The quantitative estimate of drug-likeness (QED) is 0.783. The Morgan fingerprint density at radius 2 is 2.14 bits per heavy atom. The predicted octanol–water partition coefficient (Wildman–Crippen LogP) is 2.26. The maximum atomic E-state index is 11.3. The first-order valence-electron chi connectivity index (χ1n) is 4.23. The fourth-order valence-electron chi connectivity index (χ4n) is 0.980. The van der Waals surface area contributed by atoms with Crippen molar-refractivity contribution in [3.63, 3.8) is 0 Å². The summed E-state index contributed by atoms with van der Waals surface area (Å²) < 4.78 is 5.07. The van der Waals surface area contributed by atoms with Crippen molar-refractivity contribution in [2.45, 2.75) is 12.3 Å². The second-order valence-electron chi connectivity index (χ2n) is 2.81. The first-order chi connectivity index (χ1) is 6.65. The molecule has 0 spiro atoms. The van der Waals surface area contributed by atoms with Crippen molar-refractivity contribution in [2.75, 3.05) is 12.4 Å². The monoisotopic (exact) mass is 213 g/mol. The third-order valence-corrected chi connectivity index (χ3v) is 1.92. The van der Waals surface area contributed by atoms with Crippen molar-refractivity contribution in [3.05, 3.63) is 24.3 Å². The van der Waals surface area contributed by atoms with Crippen LogP contribution in [0.15, 0.2) is 24.3 Å². The zero-order valence-electron chi connectivity index (χ0n) is 8.08. The lowest BCUT2D eigenvalue weighted by atomic mass is 10.3. The van der Waals surface area contributed by atoms with Crippen LogP contribution in [0.2, 0.25) is 0 Å². The molecule has 0 bridgehead atoms. The SMILES string of the molecule is COc1ccccc1NC(=O)[C@H](C)Cl. The molecule has 0 aromatic heterocycles. The molecule has 14 heavy (non-hydrogen) atoms. The summed E-state index contributed by atoms with van der Waals surface area (Å²) in [6.07, 6.45) is 0. The Morgan fingerprint density at radius 3 is 2.71 bits per heavy atom. The Labute approximate surface area is 88.0 Å². The van der Waals surface area contributed by atoms with Gasteiger partial charge in [-0.15, -0.1) is 11.6 Å². The Balaban J connectivity index is 2.80. The standard InChI is InChI=1S/C10H12ClNO2/c1-7(11)10(13)12-8-5-3-4-6-9(8)14-2/h3-7H,1-2H3,(H,12,13)/t7-/m0/s1. The van der Waals surface area contributed by atoms with Crippen LogP contribution in [0.1, 0.15) is 6.92 Å². The number of amides is 1. The summed E-state index contributed by atoms with van der Waals surface area (Å²) in [5.41, 5.74) is 0.632. The van der Waals surface area contributed by atoms with Gasteiger partial charge in [0.2, 0.25) is 5.91 Å². The third-order valence-electron chi connectivity index (χ3n) is 1.73. The molecule has 4 heteroatoms. The number of para-hydroxylation sites is 2. The first-order valence-corrected chi connectivity index (χ1v) is 4.66. The minimum atomic E-state index is -0.556. The molecule has 1 N–H and O–H groups in total. The number of alkyl halides is 1. The number of hydrogen-bond acceptors (Lipinski definition) is 2. The zero-order valence-corrected chi connectivity index (χ0v) is 8.84. The molecule has 3 nitrogen and oxygen atoms in total. The van der Waals surface area contributed by atoms with E-state index in [2.05, 4.69) is 5.32 Å². The number of halogens is 1. The molecular weight excluding hydrogens is 202 g/mol. The van der Waals surface area contributed by atoms with Gasteiger partial charge in [-0.1, -0.05) is 12.1 Å². The molecule has 1 aromatic rings. The van der Waals surface area contributed by atoms with Gasteiger partial charge in [0.25, 0.3) is 0 Å². The topological polar surface area (TPSA) is 38.3 Å². The van der Waals surface area contributed by atoms with E-state index >= 15 is 0 Å². The molecule has 0 fully saturated rings. The average molecular weight is 214 g/mol. The van der Waals surface area contributed by atoms with E-state index in [1.807, 2.05) is 12.1 Å². The van der Waals surface area contributed by atoms with Crippen molar-refractivity contribution in [2.24, 2.45) is 0 Å². The number of ether oxygens (including phenoxy) is 1. The average Bonchev–Trinajstić information content (AvgIpc) is 2.18. The molecule has 76 valence electrons. The number of carbonyl (C=O) groups is 1. The van der Waals surface area contributed by atoms with Gasteiger partial charge in [-0.3, -0.25) is 4.79 Å². The maximum Gasteiger partial charge on any atom is 0.242 e. The number of hydrogen-bond donors (Lipinski definition) is 1. The molecule has 1 atom stereocenters.